The van der Waals surface area contributed by atoms with Crippen LogP contribution < -0.4 is 5.32 Å². The molecule has 0 saturated carbocycles. The van der Waals surface area contributed by atoms with E-state index in [4.69, 9.17) is 4.74 Å². The first-order chi connectivity index (χ1) is 16.5. The van der Waals surface area contributed by atoms with Gasteiger partial charge >= 0.3 is 0 Å². The van der Waals surface area contributed by atoms with Crippen LogP contribution in [0.3, 0.4) is 0 Å². The third-order valence-corrected chi connectivity index (χ3v) is 6.52. The number of likely N-dealkylation sites (tertiary alicyclic amines) is 1. The molecule has 2 saturated heterocycles. The van der Waals surface area contributed by atoms with Crippen LogP contribution in [0.4, 0.5) is 19.1 Å². The molecule has 178 valence electrons. The summed E-state index contributed by atoms with van der Waals surface area (Å²) < 4.78 is 48.9. The van der Waals surface area contributed by atoms with Crippen molar-refractivity contribution >= 4 is 22.6 Å². The zero-order valence-electron chi connectivity index (χ0n) is 18.4. The average Bonchev–Trinajstić information content (AvgIpc) is 3.42. The molecule has 4 aromatic heterocycles. The SMILES string of the molecule is Cc1nc2ccc(-c3ccn4nc(N[C@@H]5CN(C6COC6)C[C@@H]5F)ncc34)nc2n1CC(F)F. The van der Waals surface area contributed by atoms with Crippen LogP contribution in [-0.4, -0.2) is 85.0 Å². The zero-order valence-corrected chi connectivity index (χ0v) is 18.4. The maximum Gasteiger partial charge on any atom is 0.256 e. The number of fused-ring (bicyclic) bond motifs is 2. The number of aryl methyl sites for hydroxylation is 1. The minimum absolute atomic E-state index is 0.283. The van der Waals surface area contributed by atoms with Crippen molar-refractivity contribution < 1.29 is 17.9 Å². The molecule has 1 N–H and O–H groups in total. The normalized spacial score (nSPS) is 21.7. The predicted octanol–water partition coefficient (Wildman–Crippen LogP) is 2.55. The molecule has 0 aromatic carbocycles. The summed E-state index contributed by atoms with van der Waals surface area (Å²) in [5, 5.41) is 7.61. The summed E-state index contributed by atoms with van der Waals surface area (Å²) in [7, 11) is 0. The van der Waals surface area contributed by atoms with Crippen molar-refractivity contribution in [2.45, 2.75) is 38.1 Å². The van der Waals surface area contributed by atoms with E-state index in [0.717, 1.165) is 5.56 Å². The van der Waals surface area contributed by atoms with Crippen LogP contribution in [0, 0.1) is 6.92 Å². The van der Waals surface area contributed by atoms with Gasteiger partial charge in [0.2, 0.25) is 5.95 Å². The number of hydrogen-bond donors (Lipinski definition) is 1. The highest BCUT2D eigenvalue weighted by atomic mass is 19.3. The number of imidazole rings is 1. The van der Waals surface area contributed by atoms with E-state index in [9.17, 15) is 13.2 Å². The molecule has 6 heterocycles. The van der Waals surface area contributed by atoms with Crippen LogP contribution in [0.15, 0.2) is 30.6 Å². The summed E-state index contributed by atoms with van der Waals surface area (Å²) in [5.41, 5.74) is 3.04. The van der Waals surface area contributed by atoms with Gasteiger partial charge in [0.15, 0.2) is 5.65 Å². The largest absolute Gasteiger partial charge is 0.378 e. The van der Waals surface area contributed by atoms with Crippen molar-refractivity contribution in [2.75, 3.05) is 31.6 Å². The molecule has 6 rings (SSSR count). The number of alkyl halides is 3. The Labute approximate surface area is 192 Å². The van der Waals surface area contributed by atoms with Gasteiger partial charge in [0.05, 0.1) is 49.2 Å². The third kappa shape index (κ3) is 3.66. The average molecular weight is 472 g/mol. The Kier molecular flexibility index (Phi) is 5.14. The minimum atomic E-state index is -2.51. The van der Waals surface area contributed by atoms with Crippen LogP contribution in [0.2, 0.25) is 0 Å². The molecule has 0 aliphatic carbocycles. The second kappa shape index (κ2) is 8.20. The first kappa shape index (κ1) is 21.3. The van der Waals surface area contributed by atoms with Crippen molar-refractivity contribution in [3.05, 3.63) is 36.4 Å². The van der Waals surface area contributed by atoms with Gasteiger partial charge in [0.25, 0.3) is 6.43 Å². The molecule has 0 spiro atoms. The molecule has 2 atom stereocenters. The summed E-state index contributed by atoms with van der Waals surface area (Å²) >= 11 is 0. The lowest BCUT2D eigenvalue weighted by atomic mass is 10.2. The van der Waals surface area contributed by atoms with Gasteiger partial charge in [-0.25, -0.2) is 32.6 Å². The Bertz CT molecular complexity index is 1350. The maximum atomic E-state index is 14.6. The van der Waals surface area contributed by atoms with E-state index in [0.29, 0.717) is 60.5 Å². The van der Waals surface area contributed by atoms with E-state index in [2.05, 4.69) is 30.3 Å². The number of nitrogens with one attached hydrogen (secondary N) is 1. The van der Waals surface area contributed by atoms with Crippen molar-refractivity contribution in [3.8, 4) is 11.3 Å². The highest BCUT2D eigenvalue weighted by Gasteiger charge is 2.39. The van der Waals surface area contributed by atoms with Gasteiger partial charge in [0, 0.05) is 24.8 Å². The summed E-state index contributed by atoms with van der Waals surface area (Å²) in [6.45, 7) is 3.47. The lowest BCUT2D eigenvalue weighted by Crippen LogP contribution is -2.48. The number of halogens is 3. The number of pyridine rings is 1. The van der Waals surface area contributed by atoms with Crippen LogP contribution in [0.5, 0.6) is 0 Å². The van der Waals surface area contributed by atoms with Crippen molar-refractivity contribution in [1.29, 1.82) is 0 Å². The Morgan fingerprint density at radius 1 is 1.18 bits per heavy atom. The molecule has 12 heteroatoms. The summed E-state index contributed by atoms with van der Waals surface area (Å²) in [4.78, 5) is 15.4. The summed E-state index contributed by atoms with van der Waals surface area (Å²) in [5.74, 6) is 0.824. The Balaban J connectivity index is 1.26. The monoisotopic (exact) mass is 472 g/mol. The Morgan fingerprint density at radius 3 is 2.79 bits per heavy atom. The molecule has 0 bridgehead atoms. The topological polar surface area (TPSA) is 85.4 Å². The number of ether oxygens (including phenoxy) is 1. The molecule has 0 radical (unpaired) electrons. The maximum absolute atomic E-state index is 14.6. The fourth-order valence-corrected chi connectivity index (χ4v) is 4.63. The van der Waals surface area contributed by atoms with Crippen molar-refractivity contribution in [3.63, 3.8) is 0 Å². The lowest BCUT2D eigenvalue weighted by Gasteiger charge is -2.34. The highest BCUT2D eigenvalue weighted by Crippen LogP contribution is 2.27. The lowest BCUT2D eigenvalue weighted by molar-refractivity contribution is -0.0585. The van der Waals surface area contributed by atoms with Gasteiger partial charge < -0.3 is 14.6 Å². The van der Waals surface area contributed by atoms with E-state index in [1.54, 1.807) is 36.0 Å². The molecule has 2 aliphatic heterocycles. The van der Waals surface area contributed by atoms with Crippen molar-refractivity contribution in [2.24, 2.45) is 0 Å². The molecule has 2 fully saturated rings. The molecule has 9 nitrogen and oxygen atoms in total. The predicted molar refractivity (Wildman–Crippen MR) is 119 cm³/mol. The number of aromatic nitrogens is 6. The van der Waals surface area contributed by atoms with Gasteiger partial charge in [0.1, 0.15) is 17.5 Å². The molecule has 2 aliphatic rings. The third-order valence-electron chi connectivity index (χ3n) is 6.52. The van der Waals surface area contributed by atoms with Crippen LogP contribution in [-0.2, 0) is 11.3 Å². The van der Waals surface area contributed by atoms with E-state index in [1.165, 1.54) is 4.57 Å². The molecular weight excluding hydrogens is 449 g/mol. The van der Waals surface area contributed by atoms with Crippen LogP contribution in [0.1, 0.15) is 5.82 Å². The highest BCUT2D eigenvalue weighted by molar-refractivity contribution is 5.82. The Morgan fingerprint density at radius 2 is 2.03 bits per heavy atom. The number of nitrogens with zero attached hydrogens (tertiary/aromatic N) is 7. The van der Waals surface area contributed by atoms with Gasteiger partial charge in [-0.2, -0.15) is 0 Å². The van der Waals surface area contributed by atoms with Gasteiger partial charge in [-0.1, -0.05) is 0 Å². The van der Waals surface area contributed by atoms with Gasteiger partial charge in [-0.3, -0.25) is 4.90 Å². The van der Waals surface area contributed by atoms with Crippen molar-refractivity contribution in [1.82, 2.24) is 34.0 Å². The number of hydrogen-bond acceptors (Lipinski definition) is 7. The molecule has 4 aromatic rings. The van der Waals surface area contributed by atoms with Gasteiger partial charge in [-0.05, 0) is 25.1 Å². The molecule has 34 heavy (non-hydrogen) atoms. The van der Waals surface area contributed by atoms with E-state index in [1.807, 2.05) is 6.07 Å². The van der Waals surface area contributed by atoms with E-state index in [-0.39, 0.29) is 6.04 Å². The second-order valence-electron chi connectivity index (χ2n) is 8.75. The second-order valence-corrected chi connectivity index (χ2v) is 8.75. The van der Waals surface area contributed by atoms with Crippen LogP contribution >= 0.6 is 0 Å². The quantitative estimate of drug-likeness (QED) is 0.462. The fourth-order valence-electron chi connectivity index (χ4n) is 4.63. The van der Waals surface area contributed by atoms with E-state index < -0.39 is 25.2 Å². The first-order valence-electron chi connectivity index (χ1n) is 11.2. The molecule has 0 unspecified atom stereocenters. The van der Waals surface area contributed by atoms with Gasteiger partial charge in [-0.15, -0.1) is 5.10 Å². The Hall–Kier alpha value is -3.25. The standard InChI is InChI=1S/C22H23F3N8O/c1-12-27-17-3-2-16(28-21(17)32(12)9-20(24)25)14-4-5-33-19(14)6-26-22(30-33)29-18-8-31(7-15(18)23)13-10-34-11-13/h2-6,13,15,18,20H,7-11H2,1H3,(H,29,30)/t15-,18+/m0/s1. The summed E-state index contributed by atoms with van der Waals surface area (Å²) in [6.07, 6.45) is -0.102. The van der Waals surface area contributed by atoms with E-state index >= 15 is 0 Å². The first-order valence-corrected chi connectivity index (χ1v) is 11.2. The zero-order chi connectivity index (χ0) is 23.4. The number of rotatable bonds is 6. The number of anilines is 1. The smallest absolute Gasteiger partial charge is 0.256 e. The summed E-state index contributed by atoms with van der Waals surface area (Å²) in [6, 6.07) is 5.30. The molecular formula is C22H23F3N8O. The fraction of sp³-hybridized carbons (Fsp3) is 0.455. The minimum Gasteiger partial charge on any atom is -0.378 e. The molecule has 0 amide bonds. The van der Waals surface area contributed by atoms with Crippen LogP contribution in [0.25, 0.3) is 27.9 Å².